The standard InChI is InChI=1S/C17H25NO3.ClH/c1-13-7-5-8-14(2)16(13)21-12-6-11-18-10-4-3-9-15(18)17(19)20;/h5,7-8,15H,3-4,6,9-12H2,1-2H3,(H,19,20);1H. The SMILES string of the molecule is Cc1cccc(C)c1OCCCN1CCCCC1C(=O)O.Cl. The second-order valence-electron chi connectivity index (χ2n) is 5.81. The summed E-state index contributed by atoms with van der Waals surface area (Å²) in [6.07, 6.45) is 3.75. The number of rotatable bonds is 6. The normalized spacial score (nSPS) is 18.5. The van der Waals surface area contributed by atoms with Gasteiger partial charge < -0.3 is 9.84 Å². The summed E-state index contributed by atoms with van der Waals surface area (Å²) in [7, 11) is 0. The number of carboxylic acid groups (broad SMARTS) is 1. The Labute approximate surface area is 138 Å². The Bertz CT molecular complexity index is 473. The smallest absolute Gasteiger partial charge is 0.320 e. The molecule has 1 aliphatic rings. The quantitative estimate of drug-likeness (QED) is 0.813. The number of carboxylic acids is 1. The van der Waals surface area contributed by atoms with Gasteiger partial charge in [-0.1, -0.05) is 24.6 Å². The largest absolute Gasteiger partial charge is 0.493 e. The van der Waals surface area contributed by atoms with Gasteiger partial charge >= 0.3 is 5.97 Å². The summed E-state index contributed by atoms with van der Waals surface area (Å²) in [4.78, 5) is 13.3. The summed E-state index contributed by atoms with van der Waals surface area (Å²) < 4.78 is 5.88. The topological polar surface area (TPSA) is 49.8 Å². The average Bonchev–Trinajstić information content (AvgIpc) is 2.46. The maximum absolute atomic E-state index is 11.2. The van der Waals surface area contributed by atoms with Crippen molar-refractivity contribution in [2.24, 2.45) is 0 Å². The van der Waals surface area contributed by atoms with Crippen molar-refractivity contribution < 1.29 is 14.6 Å². The molecule has 0 bridgehead atoms. The van der Waals surface area contributed by atoms with E-state index in [-0.39, 0.29) is 18.4 Å². The molecule has 2 rings (SSSR count). The van der Waals surface area contributed by atoms with Gasteiger partial charge in [0.15, 0.2) is 0 Å². The molecule has 0 aliphatic carbocycles. The highest BCUT2D eigenvalue weighted by Gasteiger charge is 2.27. The van der Waals surface area contributed by atoms with Gasteiger partial charge in [0, 0.05) is 6.54 Å². The maximum Gasteiger partial charge on any atom is 0.320 e. The third kappa shape index (κ3) is 4.89. The molecule has 0 spiro atoms. The fourth-order valence-corrected chi connectivity index (χ4v) is 3.01. The molecule has 1 aliphatic heterocycles. The van der Waals surface area contributed by atoms with Crippen LogP contribution in [0.1, 0.15) is 36.8 Å². The monoisotopic (exact) mass is 327 g/mol. The molecule has 1 aromatic carbocycles. The number of ether oxygens (including phenoxy) is 1. The first-order chi connectivity index (χ1) is 10.1. The van der Waals surface area contributed by atoms with Crippen molar-refractivity contribution >= 4 is 18.4 Å². The van der Waals surface area contributed by atoms with Gasteiger partial charge in [0.1, 0.15) is 11.8 Å². The summed E-state index contributed by atoms with van der Waals surface area (Å²) in [5.74, 6) is 0.274. The molecule has 0 aromatic heterocycles. The van der Waals surface area contributed by atoms with Gasteiger partial charge in [-0.25, -0.2) is 0 Å². The summed E-state index contributed by atoms with van der Waals surface area (Å²) >= 11 is 0. The van der Waals surface area contributed by atoms with Crippen molar-refractivity contribution in [2.45, 2.75) is 45.6 Å². The van der Waals surface area contributed by atoms with E-state index in [0.29, 0.717) is 6.61 Å². The van der Waals surface area contributed by atoms with Gasteiger partial charge in [-0.15, -0.1) is 12.4 Å². The van der Waals surface area contributed by atoms with Crippen molar-refractivity contribution in [3.63, 3.8) is 0 Å². The van der Waals surface area contributed by atoms with Gasteiger partial charge in [-0.05, 0) is 50.8 Å². The van der Waals surface area contributed by atoms with Crippen LogP contribution in [0, 0.1) is 13.8 Å². The van der Waals surface area contributed by atoms with E-state index in [2.05, 4.69) is 4.90 Å². The number of hydrogen-bond acceptors (Lipinski definition) is 3. The molecule has 1 atom stereocenters. The molecule has 1 saturated heterocycles. The van der Waals surface area contributed by atoms with Crippen LogP contribution >= 0.6 is 12.4 Å². The minimum absolute atomic E-state index is 0. The van der Waals surface area contributed by atoms with Gasteiger partial charge in [-0.2, -0.15) is 0 Å². The molecule has 124 valence electrons. The van der Waals surface area contributed by atoms with E-state index in [4.69, 9.17) is 4.74 Å². The summed E-state index contributed by atoms with van der Waals surface area (Å²) in [6.45, 7) is 6.41. The van der Waals surface area contributed by atoms with E-state index in [0.717, 1.165) is 55.6 Å². The number of piperidine rings is 1. The number of halogens is 1. The van der Waals surface area contributed by atoms with Crippen molar-refractivity contribution in [3.05, 3.63) is 29.3 Å². The number of para-hydroxylation sites is 1. The van der Waals surface area contributed by atoms with Crippen molar-refractivity contribution in [3.8, 4) is 5.75 Å². The minimum atomic E-state index is -0.689. The first kappa shape index (κ1) is 18.8. The predicted molar refractivity (Wildman–Crippen MR) is 90.1 cm³/mol. The lowest BCUT2D eigenvalue weighted by Gasteiger charge is -2.32. The van der Waals surface area contributed by atoms with Gasteiger partial charge in [-0.3, -0.25) is 9.69 Å². The molecule has 5 heteroatoms. The molecule has 0 radical (unpaired) electrons. The third-order valence-electron chi connectivity index (χ3n) is 4.14. The molecule has 1 heterocycles. The number of hydrogen-bond donors (Lipinski definition) is 1. The van der Waals surface area contributed by atoms with E-state index in [1.54, 1.807) is 0 Å². The van der Waals surface area contributed by atoms with Crippen LogP contribution in [-0.2, 0) is 4.79 Å². The molecule has 1 unspecified atom stereocenters. The Morgan fingerprint density at radius 3 is 2.64 bits per heavy atom. The van der Waals surface area contributed by atoms with Crippen LogP contribution in [0.2, 0.25) is 0 Å². The van der Waals surface area contributed by atoms with Crippen LogP contribution in [0.5, 0.6) is 5.75 Å². The molecular formula is C17H26ClNO3. The number of likely N-dealkylation sites (tertiary alicyclic amines) is 1. The minimum Gasteiger partial charge on any atom is -0.493 e. The number of aryl methyl sites for hydroxylation is 2. The Morgan fingerprint density at radius 1 is 1.32 bits per heavy atom. The summed E-state index contributed by atoms with van der Waals surface area (Å²) in [5, 5.41) is 9.24. The molecule has 1 N–H and O–H groups in total. The number of benzene rings is 1. The molecular weight excluding hydrogens is 302 g/mol. The van der Waals surface area contributed by atoms with E-state index in [1.807, 2.05) is 32.0 Å². The number of carbonyl (C=O) groups is 1. The lowest BCUT2D eigenvalue weighted by atomic mass is 10.0. The fourth-order valence-electron chi connectivity index (χ4n) is 3.01. The molecule has 4 nitrogen and oxygen atoms in total. The molecule has 1 fully saturated rings. The van der Waals surface area contributed by atoms with Crippen LogP contribution in [0.4, 0.5) is 0 Å². The first-order valence-corrected chi connectivity index (χ1v) is 7.75. The Morgan fingerprint density at radius 2 is 2.00 bits per heavy atom. The Kier molecular flexibility index (Phi) is 7.69. The lowest BCUT2D eigenvalue weighted by molar-refractivity contribution is -0.144. The van der Waals surface area contributed by atoms with Crippen molar-refractivity contribution in [1.29, 1.82) is 0 Å². The van der Waals surface area contributed by atoms with E-state index in [9.17, 15) is 9.90 Å². The van der Waals surface area contributed by atoms with Crippen molar-refractivity contribution in [1.82, 2.24) is 4.90 Å². The van der Waals surface area contributed by atoms with Crippen LogP contribution in [0.25, 0.3) is 0 Å². The summed E-state index contributed by atoms with van der Waals surface area (Å²) in [5.41, 5.74) is 2.30. The van der Waals surface area contributed by atoms with Gasteiger partial charge in [0.2, 0.25) is 0 Å². The number of aliphatic carboxylic acids is 1. The second-order valence-corrected chi connectivity index (χ2v) is 5.81. The average molecular weight is 328 g/mol. The fraction of sp³-hybridized carbons (Fsp3) is 0.588. The van der Waals surface area contributed by atoms with E-state index >= 15 is 0 Å². The molecule has 1 aromatic rings. The highest BCUT2D eigenvalue weighted by molar-refractivity contribution is 5.85. The maximum atomic E-state index is 11.2. The van der Waals surface area contributed by atoms with Crippen LogP contribution < -0.4 is 4.74 Å². The molecule has 0 amide bonds. The van der Waals surface area contributed by atoms with Crippen LogP contribution in [0.15, 0.2) is 18.2 Å². The Hall–Kier alpha value is -1.26. The lowest BCUT2D eigenvalue weighted by Crippen LogP contribution is -2.45. The Balaban J connectivity index is 0.00000242. The molecule has 0 saturated carbocycles. The first-order valence-electron chi connectivity index (χ1n) is 7.75. The van der Waals surface area contributed by atoms with Crippen LogP contribution in [0.3, 0.4) is 0 Å². The zero-order valence-corrected chi connectivity index (χ0v) is 14.2. The van der Waals surface area contributed by atoms with Crippen LogP contribution in [-0.4, -0.2) is 41.7 Å². The second kappa shape index (κ2) is 9.01. The highest BCUT2D eigenvalue weighted by atomic mass is 35.5. The zero-order valence-electron chi connectivity index (χ0n) is 13.4. The summed E-state index contributed by atoms with van der Waals surface area (Å²) in [6, 6.07) is 5.82. The van der Waals surface area contributed by atoms with Gasteiger partial charge in [0.05, 0.1) is 6.61 Å². The predicted octanol–water partition coefficient (Wildman–Crippen LogP) is 3.43. The third-order valence-corrected chi connectivity index (χ3v) is 4.14. The molecule has 22 heavy (non-hydrogen) atoms. The zero-order chi connectivity index (χ0) is 15.2. The number of nitrogens with zero attached hydrogens (tertiary/aromatic N) is 1. The van der Waals surface area contributed by atoms with E-state index < -0.39 is 5.97 Å². The van der Waals surface area contributed by atoms with Crippen molar-refractivity contribution in [2.75, 3.05) is 19.7 Å². The highest BCUT2D eigenvalue weighted by Crippen LogP contribution is 2.22. The van der Waals surface area contributed by atoms with Gasteiger partial charge in [0.25, 0.3) is 0 Å². The van der Waals surface area contributed by atoms with E-state index in [1.165, 1.54) is 0 Å².